The molecule has 0 nitrogen and oxygen atoms in total. The Hall–Kier alpha value is 0.0649. The maximum atomic E-state index is 4.50. The van der Waals surface area contributed by atoms with Crippen LogP contribution in [0.3, 0.4) is 0 Å². The monoisotopic (exact) mass is 174 g/mol. The average Bonchev–Trinajstić information content (AvgIpc) is 2.29. The Morgan fingerprint density at radius 3 is 0.667 bits per heavy atom. The standard InChI is InChI=1S/C4H10.3C2H6.CH3B/c1-3-4-2;4*1-2/h3-4H2,1-2H3;3*1-2H3;1H3. The zero-order chi connectivity index (χ0) is 11.4. The van der Waals surface area contributed by atoms with E-state index in [1.807, 2.05) is 41.5 Å². The normalized spacial score (nSPS) is 4.42. The van der Waals surface area contributed by atoms with Gasteiger partial charge in [-0.15, -0.1) is 0 Å². The second-order valence-corrected chi connectivity index (χ2v) is 1.000. The highest BCUT2D eigenvalue weighted by molar-refractivity contribution is 6.05. The van der Waals surface area contributed by atoms with E-state index in [4.69, 9.17) is 0 Å². The molecule has 0 aliphatic carbocycles. The molecule has 0 saturated carbocycles. The van der Waals surface area contributed by atoms with Gasteiger partial charge in [-0.1, -0.05) is 75.1 Å². The fraction of sp³-hybridized carbons (Fsp3) is 1.00. The molecular formula is C11H31B. The summed E-state index contributed by atoms with van der Waals surface area (Å²) in [6.45, 7) is 17.9. The van der Waals surface area contributed by atoms with Crippen LogP contribution in [0.2, 0.25) is 6.82 Å². The maximum absolute atomic E-state index is 4.50. The molecule has 0 saturated heterocycles. The van der Waals surface area contributed by atoms with E-state index in [0.29, 0.717) is 0 Å². The van der Waals surface area contributed by atoms with Crippen LogP contribution in [0.5, 0.6) is 0 Å². The van der Waals surface area contributed by atoms with Crippen molar-refractivity contribution in [1.82, 2.24) is 0 Å². The molecule has 0 aliphatic heterocycles. The average molecular weight is 174 g/mol. The van der Waals surface area contributed by atoms with E-state index in [9.17, 15) is 0 Å². The third-order valence-electron chi connectivity index (χ3n) is 0.500. The lowest BCUT2D eigenvalue weighted by atomic mass is 10.2. The van der Waals surface area contributed by atoms with Gasteiger partial charge >= 0.3 is 0 Å². The first-order valence-electron chi connectivity index (χ1n) is 5.49. The Morgan fingerprint density at radius 2 is 0.667 bits per heavy atom. The van der Waals surface area contributed by atoms with Gasteiger partial charge in [0.15, 0.2) is 0 Å². The zero-order valence-electron chi connectivity index (χ0n) is 11.0. The fourth-order valence-electron chi connectivity index (χ4n) is 0. The molecule has 0 aromatic rings. The Bertz CT molecular complexity index is 6.97. The maximum Gasteiger partial charge on any atom is 0.0606 e. The van der Waals surface area contributed by atoms with Crippen LogP contribution in [0.25, 0.3) is 0 Å². The Balaban J connectivity index is -0.0000000181. The highest BCUT2D eigenvalue weighted by Crippen LogP contribution is 1.76. The predicted octanol–water partition coefficient (Wildman–Crippen LogP) is 5.09. The molecule has 0 amide bonds. The van der Waals surface area contributed by atoms with Gasteiger partial charge in [0.2, 0.25) is 0 Å². The van der Waals surface area contributed by atoms with Gasteiger partial charge in [0, 0.05) is 0 Å². The second kappa shape index (κ2) is 263. The second-order valence-electron chi connectivity index (χ2n) is 1.000. The van der Waals surface area contributed by atoms with Crippen LogP contribution < -0.4 is 0 Å². The topological polar surface area (TPSA) is 0 Å². The summed E-state index contributed by atoms with van der Waals surface area (Å²) in [5.41, 5.74) is 0. The van der Waals surface area contributed by atoms with E-state index in [2.05, 4.69) is 21.7 Å². The lowest BCUT2D eigenvalue weighted by Gasteiger charge is -1.68. The summed E-state index contributed by atoms with van der Waals surface area (Å²) in [5.74, 6) is 0. The SMILES string of the molecule is CC.CC.CC.CCCC.[B]C. The van der Waals surface area contributed by atoms with E-state index in [1.165, 1.54) is 19.7 Å². The van der Waals surface area contributed by atoms with E-state index in [0.717, 1.165) is 0 Å². The number of rotatable bonds is 1. The largest absolute Gasteiger partial charge is 0.0999 e. The first-order chi connectivity index (χ1) is 5.91. The summed E-state index contributed by atoms with van der Waals surface area (Å²) in [6, 6.07) is 0. The minimum Gasteiger partial charge on any atom is -0.0999 e. The van der Waals surface area contributed by atoms with Gasteiger partial charge in [0.1, 0.15) is 0 Å². The third kappa shape index (κ3) is 729. The molecule has 0 aromatic carbocycles. The van der Waals surface area contributed by atoms with Crippen LogP contribution in [-0.2, 0) is 0 Å². The molecule has 0 aliphatic rings. The molecule has 0 fully saturated rings. The smallest absolute Gasteiger partial charge is 0.0606 e. The molecule has 0 heterocycles. The summed E-state index contributed by atoms with van der Waals surface area (Å²) in [5, 5.41) is 0. The lowest BCUT2D eigenvalue weighted by Crippen LogP contribution is -1.47. The van der Waals surface area contributed by atoms with E-state index < -0.39 is 0 Å². The van der Waals surface area contributed by atoms with Crippen LogP contribution in [0.15, 0.2) is 0 Å². The molecule has 0 atom stereocenters. The van der Waals surface area contributed by atoms with Gasteiger partial charge in [-0.3, -0.25) is 0 Å². The Labute approximate surface area is 83.6 Å². The van der Waals surface area contributed by atoms with Crippen LogP contribution in [0.1, 0.15) is 68.2 Å². The van der Waals surface area contributed by atoms with Crippen molar-refractivity contribution in [1.29, 1.82) is 0 Å². The number of unbranched alkanes of at least 4 members (excludes halogenated alkanes) is 1. The summed E-state index contributed by atoms with van der Waals surface area (Å²) < 4.78 is 0. The van der Waals surface area contributed by atoms with Gasteiger partial charge in [0.25, 0.3) is 0 Å². The molecule has 2 radical (unpaired) electrons. The van der Waals surface area contributed by atoms with Crippen LogP contribution >= 0.6 is 0 Å². The van der Waals surface area contributed by atoms with Crippen molar-refractivity contribution in [2.24, 2.45) is 0 Å². The van der Waals surface area contributed by atoms with Gasteiger partial charge in [-0.2, -0.15) is 0 Å². The van der Waals surface area contributed by atoms with Crippen molar-refractivity contribution in [3.05, 3.63) is 0 Å². The first-order valence-corrected chi connectivity index (χ1v) is 5.49. The zero-order valence-corrected chi connectivity index (χ0v) is 11.0. The molecular weight excluding hydrogens is 143 g/mol. The molecule has 0 rings (SSSR count). The van der Waals surface area contributed by atoms with Gasteiger partial charge in [-0.25, -0.2) is 0 Å². The van der Waals surface area contributed by atoms with Crippen molar-refractivity contribution in [2.75, 3.05) is 0 Å². The van der Waals surface area contributed by atoms with Gasteiger partial charge in [-0.05, 0) is 0 Å². The molecule has 78 valence electrons. The lowest BCUT2D eigenvalue weighted by molar-refractivity contribution is 0.886. The number of hydrogen-bond acceptors (Lipinski definition) is 0. The van der Waals surface area contributed by atoms with Crippen molar-refractivity contribution >= 4 is 7.85 Å². The van der Waals surface area contributed by atoms with Crippen LogP contribution in [-0.4, -0.2) is 7.85 Å². The summed E-state index contributed by atoms with van der Waals surface area (Å²) in [6.07, 6.45) is 2.64. The predicted molar refractivity (Wildman–Crippen MR) is 66.2 cm³/mol. The quantitative estimate of drug-likeness (QED) is 0.486. The van der Waals surface area contributed by atoms with Crippen molar-refractivity contribution in [2.45, 2.75) is 75.1 Å². The molecule has 0 aromatic heterocycles. The molecule has 0 unspecified atom stereocenters. The van der Waals surface area contributed by atoms with Crippen molar-refractivity contribution in [3.8, 4) is 0 Å². The van der Waals surface area contributed by atoms with Gasteiger partial charge in [0.05, 0.1) is 7.85 Å². The molecule has 12 heavy (non-hydrogen) atoms. The van der Waals surface area contributed by atoms with Gasteiger partial charge < -0.3 is 0 Å². The summed E-state index contributed by atoms with van der Waals surface area (Å²) >= 11 is 0. The van der Waals surface area contributed by atoms with E-state index >= 15 is 0 Å². The fourth-order valence-corrected chi connectivity index (χ4v) is 0. The Kier molecular flexibility index (Phi) is 648. The molecule has 1 heteroatoms. The van der Waals surface area contributed by atoms with Crippen LogP contribution in [0, 0.1) is 0 Å². The third-order valence-corrected chi connectivity index (χ3v) is 0.500. The molecule has 0 N–H and O–H groups in total. The Morgan fingerprint density at radius 1 is 0.583 bits per heavy atom. The van der Waals surface area contributed by atoms with Crippen molar-refractivity contribution in [3.63, 3.8) is 0 Å². The van der Waals surface area contributed by atoms with E-state index in [-0.39, 0.29) is 0 Å². The molecule has 0 spiro atoms. The highest BCUT2D eigenvalue weighted by atomic mass is 13.6. The highest BCUT2D eigenvalue weighted by Gasteiger charge is 1.56. The minimum atomic E-state index is 1.32. The first kappa shape index (κ1) is 29.6. The van der Waals surface area contributed by atoms with Crippen LogP contribution in [0.4, 0.5) is 0 Å². The van der Waals surface area contributed by atoms with E-state index in [1.54, 1.807) is 0 Å². The van der Waals surface area contributed by atoms with Crippen molar-refractivity contribution < 1.29 is 0 Å². The number of hydrogen-bond donors (Lipinski definition) is 0. The summed E-state index contributed by atoms with van der Waals surface area (Å²) in [7, 11) is 4.50. The minimum absolute atomic E-state index is 1.32. The molecule has 0 bridgehead atoms. The summed E-state index contributed by atoms with van der Waals surface area (Å²) in [4.78, 5) is 0.